The third-order valence-electron chi connectivity index (χ3n) is 1.02. The number of hydrogen-bond donors (Lipinski definition) is 2. The van der Waals surface area contributed by atoms with Crippen LogP contribution in [0.1, 0.15) is 13.3 Å². The maximum atomic E-state index is 8.35. The highest BCUT2D eigenvalue weighted by molar-refractivity contribution is 4.87. The summed E-state index contributed by atoms with van der Waals surface area (Å²) in [5.74, 6) is 0. The molecule has 0 heterocycles. The van der Waals surface area contributed by atoms with Gasteiger partial charge in [-0.3, -0.25) is 0 Å². The summed E-state index contributed by atoms with van der Waals surface area (Å²) in [6.07, 6.45) is 1.00. The second kappa shape index (κ2) is 5.79. The third kappa shape index (κ3) is 7.66. The van der Waals surface area contributed by atoms with Gasteiger partial charge in [0.2, 0.25) is 0 Å². The first-order valence-electron chi connectivity index (χ1n) is 3.23. The molecule has 0 fully saturated rings. The highest BCUT2D eigenvalue weighted by atomic mass is 16.3. The van der Waals surface area contributed by atoms with Gasteiger partial charge < -0.3 is 10.4 Å². The summed E-state index contributed by atoms with van der Waals surface area (Å²) >= 11 is 0. The Bertz CT molecular complexity index is 81.0. The molecule has 2 N–H and O–H groups in total. The molecule has 54 valence electrons. The van der Waals surface area contributed by atoms with E-state index >= 15 is 0 Å². The summed E-state index contributed by atoms with van der Waals surface area (Å²) in [6, 6.07) is 0. The van der Waals surface area contributed by atoms with Gasteiger partial charge in [0.25, 0.3) is 0 Å². The van der Waals surface area contributed by atoms with Crippen LogP contribution >= 0.6 is 0 Å². The molecule has 0 radical (unpaired) electrons. The first-order valence-corrected chi connectivity index (χ1v) is 3.23. The molecule has 0 aromatic rings. The lowest BCUT2D eigenvalue weighted by molar-refractivity contribution is 0.293. The van der Waals surface area contributed by atoms with Gasteiger partial charge in [0.15, 0.2) is 0 Å². The number of hydrogen-bond acceptors (Lipinski definition) is 2. The predicted octanol–water partition coefficient (Wildman–Crippen LogP) is 0.534. The Balaban J connectivity index is 2.83. The fourth-order valence-electron chi connectivity index (χ4n) is 0.506. The van der Waals surface area contributed by atoms with Crippen LogP contribution in [0.2, 0.25) is 0 Å². The minimum absolute atomic E-state index is 0.218. The quantitative estimate of drug-likeness (QED) is 0.419. The third-order valence-corrected chi connectivity index (χ3v) is 1.02. The molecule has 0 amide bonds. The zero-order valence-corrected chi connectivity index (χ0v) is 5.98. The molecule has 9 heavy (non-hydrogen) atoms. The van der Waals surface area contributed by atoms with Gasteiger partial charge in [0, 0.05) is 6.54 Å². The van der Waals surface area contributed by atoms with Crippen molar-refractivity contribution in [3.8, 4) is 0 Å². The van der Waals surface area contributed by atoms with E-state index in [0.717, 1.165) is 13.0 Å². The first-order chi connectivity index (χ1) is 4.27. The van der Waals surface area contributed by atoms with Crippen molar-refractivity contribution in [1.29, 1.82) is 0 Å². The summed E-state index contributed by atoms with van der Waals surface area (Å²) in [4.78, 5) is 0. The fraction of sp³-hybridized carbons (Fsp3) is 0.714. The van der Waals surface area contributed by atoms with Crippen molar-refractivity contribution in [3.05, 3.63) is 12.2 Å². The van der Waals surface area contributed by atoms with Gasteiger partial charge in [-0.25, -0.2) is 0 Å². The van der Waals surface area contributed by atoms with Crippen molar-refractivity contribution in [1.82, 2.24) is 5.32 Å². The minimum atomic E-state index is 0.218. The molecular formula is C7H15NO. The number of aliphatic hydroxyl groups excluding tert-OH is 1. The van der Waals surface area contributed by atoms with E-state index in [0.29, 0.717) is 6.54 Å². The van der Waals surface area contributed by atoms with E-state index in [-0.39, 0.29) is 6.61 Å². The van der Waals surface area contributed by atoms with E-state index in [2.05, 4.69) is 11.9 Å². The maximum Gasteiger partial charge on any atom is 0.0555 e. The summed E-state index contributed by atoms with van der Waals surface area (Å²) < 4.78 is 0. The van der Waals surface area contributed by atoms with Crippen molar-refractivity contribution < 1.29 is 5.11 Å². The van der Waals surface area contributed by atoms with Crippen LogP contribution in [-0.4, -0.2) is 24.8 Å². The van der Waals surface area contributed by atoms with Crippen molar-refractivity contribution in [2.75, 3.05) is 19.7 Å². The second-order valence-electron chi connectivity index (χ2n) is 2.18. The highest BCUT2D eigenvalue weighted by Gasteiger charge is 1.85. The second-order valence-corrected chi connectivity index (χ2v) is 2.18. The van der Waals surface area contributed by atoms with E-state index in [1.807, 2.05) is 6.92 Å². The van der Waals surface area contributed by atoms with Gasteiger partial charge in [0.1, 0.15) is 0 Å². The number of aliphatic hydroxyl groups is 1. The standard InChI is InChI=1S/C7H15NO/c1-7(2)3-4-8-5-6-9/h8-9H,1,3-6H2,2H3. The van der Waals surface area contributed by atoms with Crippen LogP contribution in [0.15, 0.2) is 12.2 Å². The summed E-state index contributed by atoms with van der Waals surface area (Å²) in [5, 5.41) is 11.4. The summed E-state index contributed by atoms with van der Waals surface area (Å²) in [7, 11) is 0. The van der Waals surface area contributed by atoms with Crippen molar-refractivity contribution >= 4 is 0 Å². The molecule has 0 bridgehead atoms. The Hall–Kier alpha value is -0.340. The van der Waals surface area contributed by atoms with Gasteiger partial charge in [-0.2, -0.15) is 0 Å². The van der Waals surface area contributed by atoms with Gasteiger partial charge in [-0.05, 0) is 19.9 Å². The van der Waals surface area contributed by atoms with Crippen molar-refractivity contribution in [3.63, 3.8) is 0 Å². The Morgan fingerprint density at radius 3 is 2.67 bits per heavy atom. The van der Waals surface area contributed by atoms with Gasteiger partial charge in [0.05, 0.1) is 6.61 Å². The molecule has 0 aliphatic rings. The lowest BCUT2D eigenvalue weighted by Crippen LogP contribution is -2.19. The smallest absolute Gasteiger partial charge is 0.0555 e. The van der Waals surface area contributed by atoms with E-state index < -0.39 is 0 Å². The van der Waals surface area contributed by atoms with Crippen LogP contribution in [0.5, 0.6) is 0 Å². The molecule has 0 unspecified atom stereocenters. The Morgan fingerprint density at radius 1 is 1.56 bits per heavy atom. The molecule has 0 rings (SSSR count). The van der Waals surface area contributed by atoms with Gasteiger partial charge >= 0.3 is 0 Å². The van der Waals surface area contributed by atoms with E-state index in [1.54, 1.807) is 0 Å². The molecule has 0 aromatic carbocycles. The van der Waals surface area contributed by atoms with Crippen LogP contribution in [0, 0.1) is 0 Å². The fourth-order valence-corrected chi connectivity index (χ4v) is 0.506. The molecular weight excluding hydrogens is 114 g/mol. The lowest BCUT2D eigenvalue weighted by Gasteiger charge is -2.00. The van der Waals surface area contributed by atoms with Gasteiger partial charge in [-0.1, -0.05) is 5.57 Å². The molecule has 0 aromatic heterocycles. The van der Waals surface area contributed by atoms with Gasteiger partial charge in [-0.15, -0.1) is 6.58 Å². The molecule has 2 nitrogen and oxygen atoms in total. The van der Waals surface area contributed by atoms with E-state index in [4.69, 9.17) is 5.11 Å². The maximum absolute atomic E-state index is 8.35. The Morgan fingerprint density at radius 2 is 2.22 bits per heavy atom. The normalized spacial score (nSPS) is 9.56. The Kier molecular flexibility index (Phi) is 5.57. The predicted molar refractivity (Wildman–Crippen MR) is 39.4 cm³/mol. The van der Waals surface area contributed by atoms with Crippen molar-refractivity contribution in [2.24, 2.45) is 0 Å². The summed E-state index contributed by atoms with van der Waals surface area (Å²) in [6.45, 7) is 7.58. The molecule has 0 spiro atoms. The molecule has 0 saturated carbocycles. The highest BCUT2D eigenvalue weighted by Crippen LogP contribution is 1.90. The van der Waals surface area contributed by atoms with Crippen LogP contribution in [0.4, 0.5) is 0 Å². The van der Waals surface area contributed by atoms with E-state index in [9.17, 15) is 0 Å². The van der Waals surface area contributed by atoms with Crippen LogP contribution < -0.4 is 5.32 Å². The minimum Gasteiger partial charge on any atom is -0.395 e. The lowest BCUT2D eigenvalue weighted by atomic mass is 10.2. The first kappa shape index (κ1) is 8.66. The molecule has 0 saturated heterocycles. The average molecular weight is 129 g/mol. The van der Waals surface area contributed by atoms with Crippen molar-refractivity contribution in [2.45, 2.75) is 13.3 Å². The largest absolute Gasteiger partial charge is 0.395 e. The molecule has 0 aliphatic heterocycles. The number of rotatable bonds is 5. The SMILES string of the molecule is C=C(C)CCNCCO. The monoisotopic (exact) mass is 129 g/mol. The zero-order chi connectivity index (χ0) is 7.11. The topological polar surface area (TPSA) is 32.3 Å². The van der Waals surface area contributed by atoms with Crippen LogP contribution in [0.3, 0.4) is 0 Å². The van der Waals surface area contributed by atoms with Crippen LogP contribution in [-0.2, 0) is 0 Å². The molecule has 0 aliphatic carbocycles. The zero-order valence-electron chi connectivity index (χ0n) is 5.98. The number of nitrogens with one attached hydrogen (secondary N) is 1. The molecule has 0 atom stereocenters. The van der Waals surface area contributed by atoms with Crippen LogP contribution in [0.25, 0.3) is 0 Å². The summed E-state index contributed by atoms with van der Waals surface area (Å²) in [5.41, 5.74) is 1.18. The average Bonchev–Trinajstić information content (AvgIpc) is 1.80. The molecule has 2 heteroatoms. The Labute approximate surface area is 56.6 Å². The van der Waals surface area contributed by atoms with E-state index in [1.165, 1.54) is 5.57 Å².